The molecule has 13 rings (SSSR count). The number of furan rings is 1. The molecule has 8 aromatic carbocycles. The minimum absolute atomic E-state index is 0.715. The van der Waals surface area contributed by atoms with Gasteiger partial charge in [-0.15, -0.1) is 0 Å². The summed E-state index contributed by atoms with van der Waals surface area (Å²) in [7, 11) is 0. The Bertz CT molecular complexity index is 3920. The highest BCUT2D eigenvalue weighted by Gasteiger charge is 2.18. The van der Waals surface area contributed by atoms with E-state index >= 15 is 0 Å². The Labute approximate surface area is 336 Å². The summed E-state index contributed by atoms with van der Waals surface area (Å²) in [4.78, 5) is 20.5. The molecular formula is C54H30N4O. The lowest BCUT2D eigenvalue weighted by Crippen LogP contribution is -1.95. The molecule has 13 aromatic rings. The first-order valence-corrected chi connectivity index (χ1v) is 19.9. The molecule has 272 valence electrons. The van der Waals surface area contributed by atoms with Gasteiger partial charge in [-0.2, -0.15) is 0 Å². The molecule has 0 radical (unpaired) electrons. The van der Waals surface area contributed by atoms with Gasteiger partial charge in [0.25, 0.3) is 0 Å². The van der Waals surface area contributed by atoms with E-state index in [0.29, 0.717) is 5.58 Å². The van der Waals surface area contributed by atoms with Crippen molar-refractivity contribution in [2.24, 2.45) is 0 Å². The maximum Gasteiger partial charge on any atom is 0.154 e. The van der Waals surface area contributed by atoms with Crippen LogP contribution in [0.5, 0.6) is 0 Å². The normalized spacial score (nSPS) is 12.1. The number of fused-ring (bicyclic) bond motifs is 15. The highest BCUT2D eigenvalue weighted by Crippen LogP contribution is 2.41. The van der Waals surface area contributed by atoms with Crippen LogP contribution in [-0.2, 0) is 0 Å². The van der Waals surface area contributed by atoms with E-state index in [1.165, 1.54) is 43.1 Å². The Morgan fingerprint density at radius 3 is 1.71 bits per heavy atom. The number of hydrogen-bond acceptors (Lipinski definition) is 5. The average Bonchev–Trinajstić information content (AvgIpc) is 3.67. The molecule has 5 aromatic heterocycles. The molecule has 0 N–H and O–H groups in total. The van der Waals surface area contributed by atoms with Gasteiger partial charge in [0.15, 0.2) is 5.58 Å². The van der Waals surface area contributed by atoms with Crippen LogP contribution in [0.1, 0.15) is 0 Å². The fraction of sp³-hybridized carbons (Fsp3) is 0. The molecule has 0 aliphatic rings. The van der Waals surface area contributed by atoms with E-state index in [2.05, 4.69) is 164 Å². The lowest BCUT2D eigenvalue weighted by atomic mass is 9.93. The Morgan fingerprint density at radius 2 is 0.932 bits per heavy atom. The van der Waals surface area contributed by atoms with Gasteiger partial charge in [-0.1, -0.05) is 121 Å². The van der Waals surface area contributed by atoms with Gasteiger partial charge in [0.2, 0.25) is 0 Å². The van der Waals surface area contributed by atoms with E-state index in [0.717, 1.165) is 82.8 Å². The standard InChI is InChI=1S/C54H30N4O/c1-2-12-36-33(10-1)24-45(42-18-8-3-13-37(36)42)49-26-34(47-22-21-32-20-19-31-11-9-23-55-52(31)53(32)58-47)25-48(57-49)35-27-51-54(56-30-35)46-28-43-40-16-6-4-14-38(40)39-15-5-7-17-41(39)44(43)29-50(46)59-51/h1-30H. The summed E-state index contributed by atoms with van der Waals surface area (Å²) in [6, 6.07) is 60.0. The fourth-order valence-corrected chi connectivity index (χ4v) is 9.30. The first kappa shape index (κ1) is 32.1. The van der Waals surface area contributed by atoms with Gasteiger partial charge in [0.05, 0.1) is 28.1 Å². The quantitative estimate of drug-likeness (QED) is 0.168. The average molecular weight is 751 g/mol. The molecule has 0 spiro atoms. The fourth-order valence-electron chi connectivity index (χ4n) is 9.30. The molecule has 0 bridgehead atoms. The van der Waals surface area contributed by atoms with Crippen LogP contribution in [0.15, 0.2) is 187 Å². The molecule has 5 nitrogen and oxygen atoms in total. The number of nitrogens with zero attached hydrogens (tertiary/aromatic N) is 4. The first-order valence-electron chi connectivity index (χ1n) is 19.9. The van der Waals surface area contributed by atoms with Gasteiger partial charge >= 0.3 is 0 Å². The molecular weight excluding hydrogens is 721 g/mol. The third-order valence-corrected chi connectivity index (χ3v) is 12.1. The second kappa shape index (κ2) is 12.2. The topological polar surface area (TPSA) is 64.7 Å². The molecule has 0 atom stereocenters. The van der Waals surface area contributed by atoms with Crippen molar-refractivity contribution in [1.82, 2.24) is 19.9 Å². The van der Waals surface area contributed by atoms with E-state index in [1.807, 2.05) is 18.5 Å². The zero-order valence-electron chi connectivity index (χ0n) is 31.5. The second-order valence-electron chi connectivity index (χ2n) is 15.4. The van der Waals surface area contributed by atoms with Gasteiger partial charge in [-0.05, 0) is 102 Å². The monoisotopic (exact) mass is 750 g/mol. The van der Waals surface area contributed by atoms with Crippen LogP contribution in [-0.4, -0.2) is 19.9 Å². The third-order valence-electron chi connectivity index (χ3n) is 12.1. The highest BCUT2D eigenvalue weighted by atomic mass is 16.3. The summed E-state index contributed by atoms with van der Waals surface area (Å²) >= 11 is 0. The van der Waals surface area contributed by atoms with Crippen molar-refractivity contribution >= 4 is 97.7 Å². The number of hydrogen-bond donors (Lipinski definition) is 0. The van der Waals surface area contributed by atoms with Crippen LogP contribution in [0, 0.1) is 0 Å². The summed E-state index contributed by atoms with van der Waals surface area (Å²) < 4.78 is 6.70. The summed E-state index contributed by atoms with van der Waals surface area (Å²) in [5.74, 6) is 0. The van der Waals surface area contributed by atoms with E-state index in [-0.39, 0.29) is 0 Å². The molecule has 59 heavy (non-hydrogen) atoms. The lowest BCUT2D eigenvalue weighted by Gasteiger charge is -2.14. The zero-order chi connectivity index (χ0) is 38.6. The van der Waals surface area contributed by atoms with Gasteiger partial charge in [0, 0.05) is 45.2 Å². The molecule has 0 saturated carbocycles. The van der Waals surface area contributed by atoms with Crippen LogP contribution in [0.4, 0.5) is 0 Å². The van der Waals surface area contributed by atoms with Gasteiger partial charge in [-0.25, -0.2) is 9.97 Å². The minimum atomic E-state index is 0.715. The van der Waals surface area contributed by atoms with Crippen molar-refractivity contribution in [3.63, 3.8) is 0 Å². The van der Waals surface area contributed by atoms with Gasteiger partial charge in [0.1, 0.15) is 11.1 Å². The van der Waals surface area contributed by atoms with Crippen molar-refractivity contribution in [3.05, 3.63) is 182 Å². The van der Waals surface area contributed by atoms with E-state index < -0.39 is 0 Å². The molecule has 0 saturated heterocycles. The molecule has 5 heteroatoms. The van der Waals surface area contributed by atoms with Gasteiger partial charge < -0.3 is 4.42 Å². The third kappa shape index (κ3) is 4.85. The molecule has 0 fully saturated rings. The Balaban J connectivity index is 1.05. The Kier molecular flexibility index (Phi) is 6.66. The molecule has 0 amide bonds. The smallest absolute Gasteiger partial charge is 0.154 e. The van der Waals surface area contributed by atoms with Crippen LogP contribution in [0.25, 0.3) is 132 Å². The minimum Gasteiger partial charge on any atom is -0.454 e. The maximum absolute atomic E-state index is 6.70. The first-order chi connectivity index (χ1) is 29.2. The Hall–Kier alpha value is -8.02. The van der Waals surface area contributed by atoms with Crippen molar-refractivity contribution in [2.75, 3.05) is 0 Å². The SMILES string of the molecule is c1ccc2c(c1)cc(-c1cc(-c3ccc4ccc5cccnc5c4n3)cc(-c3cnc4c(c3)oc3cc5c6ccccc6c6ccccc6c5cc34)n1)c1ccccc12. The number of benzene rings is 8. The summed E-state index contributed by atoms with van der Waals surface area (Å²) in [6.45, 7) is 0. The molecule has 0 aliphatic carbocycles. The van der Waals surface area contributed by atoms with Crippen LogP contribution >= 0.6 is 0 Å². The Morgan fingerprint density at radius 1 is 0.322 bits per heavy atom. The van der Waals surface area contributed by atoms with Crippen LogP contribution in [0.2, 0.25) is 0 Å². The van der Waals surface area contributed by atoms with Crippen LogP contribution in [0.3, 0.4) is 0 Å². The predicted molar refractivity (Wildman–Crippen MR) is 244 cm³/mol. The van der Waals surface area contributed by atoms with Crippen LogP contribution < -0.4 is 0 Å². The number of pyridine rings is 4. The summed E-state index contributed by atoms with van der Waals surface area (Å²) in [5, 5.41) is 15.1. The predicted octanol–water partition coefficient (Wildman–Crippen LogP) is 14.2. The largest absolute Gasteiger partial charge is 0.454 e. The maximum atomic E-state index is 6.70. The summed E-state index contributed by atoms with van der Waals surface area (Å²) in [5.41, 5.74) is 9.45. The molecule has 0 aliphatic heterocycles. The summed E-state index contributed by atoms with van der Waals surface area (Å²) in [6.07, 6.45) is 3.76. The van der Waals surface area contributed by atoms with Crippen molar-refractivity contribution in [3.8, 4) is 33.8 Å². The molecule has 0 unspecified atom stereocenters. The van der Waals surface area contributed by atoms with E-state index in [4.69, 9.17) is 24.4 Å². The van der Waals surface area contributed by atoms with Crippen molar-refractivity contribution < 1.29 is 4.42 Å². The van der Waals surface area contributed by atoms with E-state index in [1.54, 1.807) is 0 Å². The number of aromatic nitrogens is 4. The molecule has 5 heterocycles. The second-order valence-corrected chi connectivity index (χ2v) is 15.4. The number of rotatable bonds is 3. The van der Waals surface area contributed by atoms with Crippen molar-refractivity contribution in [2.45, 2.75) is 0 Å². The van der Waals surface area contributed by atoms with Gasteiger partial charge in [-0.3, -0.25) is 9.97 Å². The lowest BCUT2D eigenvalue weighted by molar-refractivity contribution is 0.669. The highest BCUT2D eigenvalue weighted by molar-refractivity contribution is 6.28. The zero-order valence-corrected chi connectivity index (χ0v) is 31.5. The van der Waals surface area contributed by atoms with E-state index in [9.17, 15) is 0 Å². The van der Waals surface area contributed by atoms with Crippen molar-refractivity contribution in [1.29, 1.82) is 0 Å².